The summed E-state index contributed by atoms with van der Waals surface area (Å²) in [6, 6.07) is 0. The van der Waals surface area contributed by atoms with Gasteiger partial charge in [-0.25, -0.2) is 4.98 Å². The van der Waals surface area contributed by atoms with Crippen LogP contribution in [0.1, 0.15) is 12.2 Å². The molecule has 0 aromatic carbocycles. The van der Waals surface area contributed by atoms with Crippen LogP contribution in [-0.2, 0) is 18.4 Å². The zero-order chi connectivity index (χ0) is 9.68. The van der Waals surface area contributed by atoms with Gasteiger partial charge in [0.15, 0.2) is 0 Å². The summed E-state index contributed by atoms with van der Waals surface area (Å²) in [5.74, 6) is 0.123. The first-order valence-corrected chi connectivity index (χ1v) is 4.09. The molecule has 0 atom stereocenters. The lowest BCUT2D eigenvalue weighted by atomic mass is 10.4. The maximum absolute atomic E-state index is 10.2. The Labute approximate surface area is 76.4 Å². The van der Waals surface area contributed by atoms with Crippen molar-refractivity contribution in [3.05, 3.63) is 18.2 Å². The van der Waals surface area contributed by atoms with Gasteiger partial charge < -0.3 is 15.0 Å². The molecule has 0 aliphatic heterocycles. The summed E-state index contributed by atoms with van der Waals surface area (Å²) in [5, 5.41) is 11.4. The van der Waals surface area contributed by atoms with E-state index in [9.17, 15) is 4.79 Å². The minimum atomic E-state index is -0.785. The summed E-state index contributed by atoms with van der Waals surface area (Å²) in [6.07, 6.45) is 3.72. The third-order valence-corrected chi connectivity index (χ3v) is 1.72. The number of aliphatic carboxylic acids is 1. The number of carbonyl (C=O) groups is 1. The second-order valence-electron chi connectivity index (χ2n) is 2.77. The van der Waals surface area contributed by atoms with E-state index in [4.69, 9.17) is 5.11 Å². The molecule has 0 fully saturated rings. The molecule has 0 aliphatic carbocycles. The Hall–Kier alpha value is -1.36. The normalized spacial score (nSPS) is 10.2. The van der Waals surface area contributed by atoms with E-state index in [1.807, 2.05) is 17.8 Å². The maximum atomic E-state index is 10.2. The van der Waals surface area contributed by atoms with Crippen LogP contribution in [0.4, 0.5) is 0 Å². The van der Waals surface area contributed by atoms with Crippen molar-refractivity contribution >= 4 is 5.97 Å². The minimum Gasteiger partial charge on any atom is -0.481 e. The maximum Gasteiger partial charge on any atom is 0.304 e. The van der Waals surface area contributed by atoms with Gasteiger partial charge in [0.2, 0.25) is 0 Å². The first-order valence-electron chi connectivity index (χ1n) is 4.09. The highest BCUT2D eigenvalue weighted by atomic mass is 16.4. The molecule has 1 aromatic heterocycles. The van der Waals surface area contributed by atoms with Gasteiger partial charge in [-0.3, -0.25) is 4.79 Å². The fourth-order valence-electron chi connectivity index (χ4n) is 0.962. The van der Waals surface area contributed by atoms with Crippen LogP contribution in [0.25, 0.3) is 0 Å². The summed E-state index contributed by atoms with van der Waals surface area (Å²) in [5.41, 5.74) is 0. The first-order chi connectivity index (χ1) is 6.20. The van der Waals surface area contributed by atoms with E-state index in [1.165, 1.54) is 0 Å². The Balaban J connectivity index is 2.20. The van der Waals surface area contributed by atoms with E-state index in [2.05, 4.69) is 10.3 Å². The van der Waals surface area contributed by atoms with Crippen LogP contribution in [-0.4, -0.2) is 27.2 Å². The molecule has 0 saturated carbocycles. The third kappa shape index (κ3) is 3.25. The Kier molecular flexibility index (Phi) is 3.45. The molecule has 1 heterocycles. The molecule has 0 aliphatic rings. The van der Waals surface area contributed by atoms with Gasteiger partial charge in [-0.05, 0) is 0 Å². The van der Waals surface area contributed by atoms with Crippen molar-refractivity contribution in [2.24, 2.45) is 7.05 Å². The van der Waals surface area contributed by atoms with Crippen LogP contribution >= 0.6 is 0 Å². The van der Waals surface area contributed by atoms with Gasteiger partial charge in [0, 0.05) is 26.0 Å². The summed E-state index contributed by atoms with van der Waals surface area (Å²) < 4.78 is 1.90. The molecule has 5 nitrogen and oxygen atoms in total. The van der Waals surface area contributed by atoms with E-state index in [0.717, 1.165) is 5.82 Å². The molecule has 0 saturated heterocycles. The lowest BCUT2D eigenvalue weighted by Gasteiger charge is -2.02. The standard InChI is InChI=1S/C8H13N3O2/c1-11-5-4-10-7(11)6-9-3-2-8(12)13/h4-5,9H,2-3,6H2,1H3,(H,12,13). The largest absolute Gasteiger partial charge is 0.481 e. The number of rotatable bonds is 5. The number of hydrogen-bond acceptors (Lipinski definition) is 3. The van der Waals surface area contributed by atoms with Gasteiger partial charge in [0.05, 0.1) is 13.0 Å². The van der Waals surface area contributed by atoms with Crippen LogP contribution in [0.3, 0.4) is 0 Å². The molecular formula is C8H13N3O2. The predicted octanol–water partition coefficient (Wildman–Crippen LogP) is -0.0156. The molecule has 0 amide bonds. The van der Waals surface area contributed by atoms with Crippen molar-refractivity contribution in [1.29, 1.82) is 0 Å². The number of hydrogen-bond donors (Lipinski definition) is 2. The van der Waals surface area contributed by atoms with Gasteiger partial charge >= 0.3 is 5.97 Å². The Bertz CT molecular complexity index is 283. The highest BCUT2D eigenvalue weighted by Crippen LogP contribution is 1.92. The highest BCUT2D eigenvalue weighted by Gasteiger charge is 1.99. The lowest BCUT2D eigenvalue weighted by Crippen LogP contribution is -2.19. The first kappa shape index (κ1) is 9.73. The number of imidazole rings is 1. The number of carboxylic acid groups (broad SMARTS) is 1. The smallest absolute Gasteiger partial charge is 0.304 e. The fourth-order valence-corrected chi connectivity index (χ4v) is 0.962. The van der Waals surface area contributed by atoms with E-state index < -0.39 is 5.97 Å². The number of nitrogens with zero attached hydrogens (tertiary/aromatic N) is 2. The Morgan fingerprint density at radius 1 is 1.77 bits per heavy atom. The molecule has 0 spiro atoms. The fraction of sp³-hybridized carbons (Fsp3) is 0.500. The number of aromatic nitrogens is 2. The molecular weight excluding hydrogens is 170 g/mol. The molecule has 72 valence electrons. The summed E-state index contributed by atoms with van der Waals surface area (Å²) >= 11 is 0. The average Bonchev–Trinajstić information content (AvgIpc) is 2.45. The SMILES string of the molecule is Cn1ccnc1CNCCC(=O)O. The van der Waals surface area contributed by atoms with Crippen LogP contribution in [0, 0.1) is 0 Å². The van der Waals surface area contributed by atoms with Crippen LogP contribution in [0.15, 0.2) is 12.4 Å². The molecule has 13 heavy (non-hydrogen) atoms. The van der Waals surface area contributed by atoms with Crippen LogP contribution in [0.5, 0.6) is 0 Å². The molecule has 2 N–H and O–H groups in total. The van der Waals surface area contributed by atoms with Gasteiger partial charge in [-0.1, -0.05) is 0 Å². The molecule has 0 unspecified atom stereocenters. The van der Waals surface area contributed by atoms with Crippen molar-refractivity contribution < 1.29 is 9.90 Å². The van der Waals surface area contributed by atoms with Crippen molar-refractivity contribution in [3.63, 3.8) is 0 Å². The van der Waals surface area contributed by atoms with Crippen molar-refractivity contribution in [1.82, 2.24) is 14.9 Å². The van der Waals surface area contributed by atoms with Gasteiger partial charge in [-0.15, -0.1) is 0 Å². The topological polar surface area (TPSA) is 67.2 Å². The highest BCUT2D eigenvalue weighted by molar-refractivity contribution is 5.66. The lowest BCUT2D eigenvalue weighted by molar-refractivity contribution is -0.136. The minimum absolute atomic E-state index is 0.143. The van der Waals surface area contributed by atoms with Gasteiger partial charge in [0.1, 0.15) is 5.82 Å². The monoisotopic (exact) mass is 183 g/mol. The van der Waals surface area contributed by atoms with Crippen LogP contribution < -0.4 is 5.32 Å². The van der Waals surface area contributed by atoms with Gasteiger partial charge in [0.25, 0.3) is 0 Å². The number of nitrogens with one attached hydrogen (secondary N) is 1. The third-order valence-electron chi connectivity index (χ3n) is 1.72. The van der Waals surface area contributed by atoms with E-state index >= 15 is 0 Å². The molecule has 1 rings (SSSR count). The van der Waals surface area contributed by atoms with Crippen LogP contribution in [0.2, 0.25) is 0 Å². The molecule has 0 radical (unpaired) electrons. The zero-order valence-electron chi connectivity index (χ0n) is 7.53. The van der Waals surface area contributed by atoms with Gasteiger partial charge in [-0.2, -0.15) is 0 Å². The number of carboxylic acids is 1. The molecule has 5 heteroatoms. The second-order valence-corrected chi connectivity index (χ2v) is 2.77. The van der Waals surface area contributed by atoms with Crippen molar-refractivity contribution in [2.75, 3.05) is 6.54 Å². The van der Waals surface area contributed by atoms with Crippen molar-refractivity contribution in [3.8, 4) is 0 Å². The quantitative estimate of drug-likeness (QED) is 0.630. The summed E-state index contributed by atoms with van der Waals surface area (Å²) in [6.45, 7) is 1.08. The number of aryl methyl sites for hydroxylation is 1. The Morgan fingerprint density at radius 2 is 2.54 bits per heavy atom. The predicted molar refractivity (Wildman–Crippen MR) is 47.2 cm³/mol. The van der Waals surface area contributed by atoms with Crippen molar-refractivity contribution in [2.45, 2.75) is 13.0 Å². The van der Waals surface area contributed by atoms with E-state index in [0.29, 0.717) is 13.1 Å². The van der Waals surface area contributed by atoms with E-state index in [1.54, 1.807) is 6.20 Å². The average molecular weight is 183 g/mol. The summed E-state index contributed by atoms with van der Waals surface area (Å²) in [4.78, 5) is 14.3. The molecule has 0 bridgehead atoms. The molecule has 1 aromatic rings. The van der Waals surface area contributed by atoms with E-state index in [-0.39, 0.29) is 6.42 Å². The summed E-state index contributed by atoms with van der Waals surface area (Å²) in [7, 11) is 1.90. The zero-order valence-corrected chi connectivity index (χ0v) is 7.53. The Morgan fingerprint density at radius 3 is 3.08 bits per heavy atom. The second kappa shape index (κ2) is 4.61.